The molecule has 0 atom stereocenters. The summed E-state index contributed by atoms with van der Waals surface area (Å²) in [4.78, 5) is 40.9. The largest absolute Gasteiger partial charge is 0.478 e. The molecule has 0 aliphatic rings. The molecule has 0 radical (unpaired) electrons. The molecule has 7 heteroatoms. The van der Waals surface area contributed by atoms with Crippen LogP contribution in [0.1, 0.15) is 51.5 Å². The predicted molar refractivity (Wildman–Crippen MR) is 108 cm³/mol. The van der Waals surface area contributed by atoms with Crippen molar-refractivity contribution in [2.45, 2.75) is 27.7 Å². The van der Waals surface area contributed by atoms with Crippen LogP contribution < -0.4 is 0 Å². The summed E-state index contributed by atoms with van der Waals surface area (Å²) in [6.07, 6.45) is 2.40. The van der Waals surface area contributed by atoms with E-state index in [4.69, 9.17) is 14.6 Å². The lowest BCUT2D eigenvalue weighted by Crippen LogP contribution is -2.17. The number of aliphatic carboxylic acids is 1. The zero-order chi connectivity index (χ0) is 21.6. The first-order chi connectivity index (χ1) is 13.8. The van der Waals surface area contributed by atoms with E-state index >= 15 is 0 Å². The zero-order valence-electron chi connectivity index (χ0n) is 16.8. The summed E-state index contributed by atoms with van der Waals surface area (Å²) in [7, 11) is 0. The number of rotatable bonds is 7. The standard InChI is InChI=1S/C22H23NO6/c1-5-28-21(26)18-13(3)23-14(4)19(22(27)29-6-2)20(18)16-10-8-7-9-15(16)11-12-17(24)25/h7-12H,5-6H2,1-4H3,(H,24,25)/b12-11+. The molecule has 0 saturated heterocycles. The third-order valence-corrected chi connectivity index (χ3v) is 4.15. The van der Waals surface area contributed by atoms with Crippen molar-refractivity contribution in [2.75, 3.05) is 13.2 Å². The molecular weight excluding hydrogens is 374 g/mol. The van der Waals surface area contributed by atoms with Crippen molar-refractivity contribution in [3.63, 3.8) is 0 Å². The Hall–Kier alpha value is -3.48. The minimum absolute atomic E-state index is 0.150. The Bertz CT molecular complexity index is 935. The maximum Gasteiger partial charge on any atom is 0.340 e. The number of pyridine rings is 1. The molecule has 1 heterocycles. The van der Waals surface area contributed by atoms with Crippen molar-refractivity contribution in [2.24, 2.45) is 0 Å². The van der Waals surface area contributed by atoms with Crippen molar-refractivity contribution in [3.8, 4) is 11.1 Å². The summed E-state index contributed by atoms with van der Waals surface area (Å²) in [5.41, 5.74) is 2.45. The number of carboxylic acid groups (broad SMARTS) is 1. The second kappa shape index (κ2) is 9.64. The molecule has 0 bridgehead atoms. The Morgan fingerprint density at radius 3 is 1.97 bits per heavy atom. The molecular formula is C22H23NO6. The van der Waals surface area contributed by atoms with Crippen LogP contribution in [0.25, 0.3) is 17.2 Å². The van der Waals surface area contributed by atoms with Gasteiger partial charge in [0.05, 0.1) is 35.7 Å². The molecule has 0 spiro atoms. The molecule has 0 aliphatic heterocycles. The number of ether oxygens (including phenoxy) is 2. The van der Waals surface area contributed by atoms with Gasteiger partial charge in [-0.05, 0) is 44.9 Å². The number of hydrogen-bond acceptors (Lipinski definition) is 6. The second-order valence-electron chi connectivity index (χ2n) is 6.11. The number of hydrogen-bond donors (Lipinski definition) is 1. The number of nitrogens with zero attached hydrogens (tertiary/aromatic N) is 1. The molecule has 152 valence electrons. The van der Waals surface area contributed by atoms with E-state index in [1.165, 1.54) is 6.08 Å². The van der Waals surface area contributed by atoms with Crippen molar-refractivity contribution in [3.05, 3.63) is 58.4 Å². The highest BCUT2D eigenvalue weighted by Gasteiger charge is 2.28. The first-order valence-electron chi connectivity index (χ1n) is 9.17. The van der Waals surface area contributed by atoms with Gasteiger partial charge in [0.25, 0.3) is 0 Å². The number of esters is 2. The fraction of sp³-hybridized carbons (Fsp3) is 0.273. The monoisotopic (exact) mass is 397 g/mol. The molecule has 29 heavy (non-hydrogen) atoms. The Morgan fingerprint density at radius 1 is 0.966 bits per heavy atom. The van der Waals surface area contributed by atoms with E-state index in [0.717, 1.165) is 6.08 Å². The van der Waals surface area contributed by atoms with E-state index in [1.807, 2.05) is 0 Å². The minimum atomic E-state index is -1.11. The van der Waals surface area contributed by atoms with Crippen LogP contribution >= 0.6 is 0 Å². The van der Waals surface area contributed by atoms with Crippen LogP contribution in [0.15, 0.2) is 30.3 Å². The Kier molecular flexibility index (Phi) is 7.25. The molecule has 1 N–H and O–H groups in total. The number of aryl methyl sites for hydroxylation is 2. The molecule has 0 amide bonds. The SMILES string of the molecule is CCOC(=O)c1c(C)nc(C)c(C(=O)OCC)c1-c1ccccc1/C=C/C(=O)O. The van der Waals surface area contributed by atoms with E-state index in [1.54, 1.807) is 52.0 Å². The lowest BCUT2D eigenvalue weighted by atomic mass is 9.89. The lowest BCUT2D eigenvalue weighted by Gasteiger charge is -2.19. The van der Waals surface area contributed by atoms with Crippen LogP contribution in [0.4, 0.5) is 0 Å². The third kappa shape index (κ3) is 4.87. The fourth-order valence-electron chi connectivity index (χ4n) is 3.06. The van der Waals surface area contributed by atoms with Gasteiger partial charge in [-0.1, -0.05) is 24.3 Å². The van der Waals surface area contributed by atoms with Crippen LogP contribution in [0, 0.1) is 13.8 Å². The summed E-state index contributed by atoms with van der Waals surface area (Å²) in [5, 5.41) is 9.01. The van der Waals surface area contributed by atoms with Gasteiger partial charge in [-0.2, -0.15) is 0 Å². The molecule has 0 aliphatic carbocycles. The van der Waals surface area contributed by atoms with Gasteiger partial charge < -0.3 is 14.6 Å². The van der Waals surface area contributed by atoms with Gasteiger partial charge in [-0.25, -0.2) is 14.4 Å². The van der Waals surface area contributed by atoms with Gasteiger partial charge in [0.2, 0.25) is 0 Å². The molecule has 2 rings (SSSR count). The fourth-order valence-corrected chi connectivity index (χ4v) is 3.06. The van der Waals surface area contributed by atoms with Gasteiger partial charge in [-0.3, -0.25) is 4.98 Å². The Labute approximate surface area is 169 Å². The Morgan fingerprint density at radius 2 is 1.48 bits per heavy atom. The van der Waals surface area contributed by atoms with Gasteiger partial charge in [0.15, 0.2) is 0 Å². The van der Waals surface area contributed by atoms with Gasteiger partial charge in [0.1, 0.15) is 0 Å². The molecule has 0 saturated carbocycles. The van der Waals surface area contributed by atoms with Crippen LogP contribution in [-0.4, -0.2) is 41.2 Å². The van der Waals surface area contributed by atoms with E-state index in [2.05, 4.69) is 4.98 Å². The normalized spacial score (nSPS) is 10.8. The highest BCUT2D eigenvalue weighted by molar-refractivity contribution is 6.08. The average Bonchev–Trinajstić information content (AvgIpc) is 2.66. The molecule has 0 unspecified atom stereocenters. The molecule has 0 fully saturated rings. The predicted octanol–water partition coefficient (Wildman–Crippen LogP) is 3.82. The van der Waals surface area contributed by atoms with E-state index < -0.39 is 17.9 Å². The number of aromatic nitrogens is 1. The van der Waals surface area contributed by atoms with E-state index in [9.17, 15) is 14.4 Å². The molecule has 2 aromatic rings. The summed E-state index contributed by atoms with van der Waals surface area (Å²) in [5.74, 6) is -2.34. The van der Waals surface area contributed by atoms with Crippen molar-refractivity contribution in [1.29, 1.82) is 0 Å². The third-order valence-electron chi connectivity index (χ3n) is 4.15. The molecule has 1 aromatic carbocycles. The van der Waals surface area contributed by atoms with Crippen LogP contribution in [0.5, 0.6) is 0 Å². The molecule has 7 nitrogen and oxygen atoms in total. The second-order valence-corrected chi connectivity index (χ2v) is 6.11. The Balaban J connectivity index is 2.92. The van der Waals surface area contributed by atoms with Gasteiger partial charge in [-0.15, -0.1) is 0 Å². The maximum atomic E-state index is 12.8. The summed E-state index contributed by atoms with van der Waals surface area (Å²) in [6.45, 7) is 7.00. The number of carbonyl (C=O) groups excluding carboxylic acids is 2. The van der Waals surface area contributed by atoms with Crippen molar-refractivity contribution < 1.29 is 29.0 Å². The smallest absolute Gasteiger partial charge is 0.340 e. The summed E-state index contributed by atoms with van der Waals surface area (Å²) >= 11 is 0. The lowest BCUT2D eigenvalue weighted by molar-refractivity contribution is -0.131. The summed E-state index contributed by atoms with van der Waals surface area (Å²) in [6, 6.07) is 6.88. The maximum absolute atomic E-state index is 12.8. The highest BCUT2D eigenvalue weighted by Crippen LogP contribution is 2.35. The first-order valence-corrected chi connectivity index (χ1v) is 9.17. The number of benzene rings is 1. The van der Waals surface area contributed by atoms with E-state index in [-0.39, 0.29) is 24.3 Å². The van der Waals surface area contributed by atoms with Gasteiger partial charge >= 0.3 is 17.9 Å². The quantitative estimate of drug-likeness (QED) is 0.560. The summed E-state index contributed by atoms with van der Waals surface area (Å²) < 4.78 is 10.4. The van der Waals surface area contributed by atoms with E-state index in [0.29, 0.717) is 28.1 Å². The van der Waals surface area contributed by atoms with Crippen LogP contribution in [0.3, 0.4) is 0 Å². The van der Waals surface area contributed by atoms with Crippen molar-refractivity contribution >= 4 is 24.0 Å². The van der Waals surface area contributed by atoms with Crippen LogP contribution in [-0.2, 0) is 14.3 Å². The van der Waals surface area contributed by atoms with Crippen LogP contribution in [0.2, 0.25) is 0 Å². The molecule has 1 aromatic heterocycles. The minimum Gasteiger partial charge on any atom is -0.478 e. The topological polar surface area (TPSA) is 103 Å². The zero-order valence-corrected chi connectivity index (χ0v) is 16.8. The first kappa shape index (κ1) is 21.8. The highest BCUT2D eigenvalue weighted by atomic mass is 16.5. The van der Waals surface area contributed by atoms with Crippen molar-refractivity contribution in [1.82, 2.24) is 4.98 Å². The number of carboxylic acids is 1. The average molecular weight is 397 g/mol. The van der Waals surface area contributed by atoms with Gasteiger partial charge in [0, 0.05) is 11.6 Å². The number of carbonyl (C=O) groups is 3.